The fourth-order valence-electron chi connectivity index (χ4n) is 2.53. The van der Waals surface area contributed by atoms with Crippen molar-refractivity contribution in [2.24, 2.45) is 0 Å². The van der Waals surface area contributed by atoms with Gasteiger partial charge in [0.15, 0.2) is 0 Å². The Morgan fingerprint density at radius 2 is 1.56 bits per heavy atom. The van der Waals surface area contributed by atoms with Crippen molar-refractivity contribution in [3.05, 3.63) is 54.1 Å². The van der Waals surface area contributed by atoms with Crippen molar-refractivity contribution in [1.82, 2.24) is 0 Å². The molecule has 0 saturated heterocycles. The molecule has 0 N–H and O–H groups in total. The van der Waals surface area contributed by atoms with Crippen LogP contribution >= 0.6 is 0 Å². The van der Waals surface area contributed by atoms with Crippen LogP contribution in [0, 0.1) is 0 Å². The summed E-state index contributed by atoms with van der Waals surface area (Å²) in [6, 6.07) is 13.4. The minimum Gasteiger partial charge on any atom is -0.744 e. The summed E-state index contributed by atoms with van der Waals surface area (Å²) in [6.07, 6.45) is 7.15. The van der Waals surface area contributed by atoms with E-state index < -0.39 is 10.1 Å². The molecule has 0 aromatic heterocycles. The van der Waals surface area contributed by atoms with E-state index in [0.717, 1.165) is 12.8 Å². The Hall–Kier alpha value is -0.214. The van der Waals surface area contributed by atoms with Gasteiger partial charge in [-0.05, 0) is 48.7 Å². The van der Waals surface area contributed by atoms with Crippen molar-refractivity contribution in [3.63, 3.8) is 0 Å². The molecule has 0 atom stereocenters. The molecule has 0 saturated carbocycles. The standard InChI is InChI=1S/C19H24O4S.K/c1-2-3-4-5-6-9-16-10-7-11-17(14-16)23-18-12-8-13-19(15-18)24(20,21)22;/h7-8,10-15H,2-6,9H2,1H3,(H,20,21,22);/q;+1/p-1. The summed E-state index contributed by atoms with van der Waals surface area (Å²) >= 11 is 0. The molecule has 6 heteroatoms. The molecule has 4 nitrogen and oxygen atoms in total. The zero-order chi connectivity index (χ0) is 17.4. The average molecular weight is 387 g/mol. The zero-order valence-electron chi connectivity index (χ0n) is 14.9. The predicted octanol–water partition coefficient (Wildman–Crippen LogP) is 1.90. The van der Waals surface area contributed by atoms with Crippen LogP contribution in [0.4, 0.5) is 0 Å². The van der Waals surface area contributed by atoms with Crippen LogP contribution in [0.15, 0.2) is 53.4 Å². The summed E-state index contributed by atoms with van der Waals surface area (Å²) in [5.41, 5.74) is 1.19. The number of hydrogen-bond donors (Lipinski definition) is 0. The van der Waals surface area contributed by atoms with Crippen molar-refractivity contribution in [2.75, 3.05) is 0 Å². The van der Waals surface area contributed by atoms with Gasteiger partial charge in [0.05, 0.1) is 4.90 Å². The van der Waals surface area contributed by atoms with Crippen LogP contribution in [0.25, 0.3) is 0 Å². The normalized spacial score (nSPS) is 11.0. The van der Waals surface area contributed by atoms with Crippen molar-refractivity contribution in [1.29, 1.82) is 0 Å². The van der Waals surface area contributed by atoms with Crippen molar-refractivity contribution in [2.45, 2.75) is 50.3 Å². The monoisotopic (exact) mass is 386 g/mol. The summed E-state index contributed by atoms with van der Waals surface area (Å²) in [5, 5.41) is 0. The molecule has 2 aromatic rings. The van der Waals surface area contributed by atoms with E-state index in [2.05, 4.69) is 13.0 Å². The number of unbranched alkanes of at least 4 members (excludes halogenated alkanes) is 4. The Labute approximate surface area is 193 Å². The van der Waals surface area contributed by atoms with Crippen LogP contribution in [0.2, 0.25) is 0 Å². The van der Waals surface area contributed by atoms with Crippen molar-refractivity contribution >= 4 is 10.1 Å². The van der Waals surface area contributed by atoms with Gasteiger partial charge >= 0.3 is 51.4 Å². The van der Waals surface area contributed by atoms with Gasteiger partial charge in [-0.2, -0.15) is 0 Å². The van der Waals surface area contributed by atoms with Crippen molar-refractivity contribution in [3.8, 4) is 11.5 Å². The van der Waals surface area contributed by atoms with Crippen LogP contribution in [-0.2, 0) is 16.5 Å². The Kier molecular flexibility index (Phi) is 10.5. The molecule has 0 bridgehead atoms. The van der Waals surface area contributed by atoms with Gasteiger partial charge in [-0.1, -0.05) is 50.8 Å². The van der Waals surface area contributed by atoms with Crippen LogP contribution in [0.5, 0.6) is 11.5 Å². The SMILES string of the molecule is CCCCCCCc1cccc(Oc2cccc(S(=O)(=O)[O-])c2)c1.[K+]. The largest absolute Gasteiger partial charge is 1.00 e. The first-order valence-electron chi connectivity index (χ1n) is 8.32. The molecule has 0 spiro atoms. The van der Waals surface area contributed by atoms with Gasteiger partial charge in [0.25, 0.3) is 0 Å². The second kappa shape index (κ2) is 11.5. The number of ether oxygens (including phenoxy) is 1. The summed E-state index contributed by atoms with van der Waals surface area (Å²) in [6.45, 7) is 2.20. The molecule has 0 aliphatic carbocycles. The van der Waals surface area contributed by atoms with E-state index in [-0.39, 0.29) is 56.3 Å². The molecule has 0 aliphatic rings. The number of benzene rings is 2. The molecule has 0 amide bonds. The average Bonchev–Trinajstić information content (AvgIpc) is 2.54. The minimum atomic E-state index is -4.48. The molecule has 25 heavy (non-hydrogen) atoms. The first kappa shape index (κ1) is 22.8. The fourth-order valence-corrected chi connectivity index (χ4v) is 3.03. The predicted molar refractivity (Wildman–Crippen MR) is 93.4 cm³/mol. The molecule has 0 aliphatic heterocycles. The minimum absolute atomic E-state index is 0. The van der Waals surface area contributed by atoms with Crippen LogP contribution in [-0.4, -0.2) is 13.0 Å². The quantitative estimate of drug-likeness (QED) is 0.375. The Bertz CT molecular complexity index is 760. The summed E-state index contributed by atoms with van der Waals surface area (Å²) in [5.74, 6) is 0.980. The molecular weight excluding hydrogens is 363 g/mol. The van der Waals surface area contributed by atoms with Crippen LogP contribution in [0.1, 0.15) is 44.6 Å². The van der Waals surface area contributed by atoms with E-state index in [9.17, 15) is 13.0 Å². The summed E-state index contributed by atoms with van der Waals surface area (Å²) < 4.78 is 38.9. The Morgan fingerprint density at radius 3 is 2.24 bits per heavy atom. The maximum absolute atomic E-state index is 11.1. The van der Waals surface area contributed by atoms with Crippen LogP contribution < -0.4 is 56.1 Å². The number of hydrogen-bond acceptors (Lipinski definition) is 4. The van der Waals surface area contributed by atoms with E-state index in [1.165, 1.54) is 49.4 Å². The van der Waals surface area contributed by atoms with Gasteiger partial charge in [0, 0.05) is 0 Å². The maximum Gasteiger partial charge on any atom is 1.00 e. The van der Waals surface area contributed by atoms with Gasteiger partial charge < -0.3 is 9.29 Å². The fraction of sp³-hybridized carbons (Fsp3) is 0.368. The molecule has 0 heterocycles. The van der Waals surface area contributed by atoms with Crippen molar-refractivity contribution < 1.29 is 69.1 Å². The van der Waals surface area contributed by atoms with E-state index >= 15 is 0 Å². The first-order chi connectivity index (χ1) is 11.5. The van der Waals surface area contributed by atoms with Gasteiger partial charge in [-0.15, -0.1) is 0 Å². The molecular formula is C19H23KO4S. The van der Waals surface area contributed by atoms with E-state index in [1.807, 2.05) is 18.2 Å². The van der Waals surface area contributed by atoms with Gasteiger partial charge in [0.2, 0.25) is 0 Å². The molecule has 2 rings (SSSR count). The molecule has 2 aromatic carbocycles. The van der Waals surface area contributed by atoms with Crippen LogP contribution in [0.3, 0.4) is 0 Å². The third-order valence-corrected chi connectivity index (χ3v) is 4.63. The third-order valence-electron chi connectivity index (χ3n) is 3.80. The molecule has 130 valence electrons. The van der Waals surface area contributed by atoms with Gasteiger partial charge in [-0.25, -0.2) is 8.42 Å². The smallest absolute Gasteiger partial charge is 0.744 e. The van der Waals surface area contributed by atoms with Gasteiger partial charge in [-0.3, -0.25) is 0 Å². The summed E-state index contributed by atoms with van der Waals surface area (Å²) in [7, 11) is -4.48. The second-order valence-electron chi connectivity index (χ2n) is 5.84. The zero-order valence-corrected chi connectivity index (χ0v) is 18.8. The Morgan fingerprint density at radius 1 is 0.920 bits per heavy atom. The van der Waals surface area contributed by atoms with E-state index in [1.54, 1.807) is 6.07 Å². The summed E-state index contributed by atoms with van der Waals surface area (Å²) in [4.78, 5) is -0.285. The third kappa shape index (κ3) is 8.34. The topological polar surface area (TPSA) is 66.4 Å². The van der Waals surface area contributed by atoms with E-state index in [0.29, 0.717) is 11.5 Å². The number of aryl methyl sites for hydroxylation is 1. The Balaban J connectivity index is 0.00000312. The van der Waals surface area contributed by atoms with E-state index in [4.69, 9.17) is 4.74 Å². The second-order valence-corrected chi connectivity index (χ2v) is 7.22. The number of rotatable bonds is 9. The molecule has 0 radical (unpaired) electrons. The maximum atomic E-state index is 11.1. The van der Waals surface area contributed by atoms with Gasteiger partial charge in [0.1, 0.15) is 21.6 Å². The first-order valence-corrected chi connectivity index (χ1v) is 9.72. The molecule has 0 unspecified atom stereocenters. The molecule has 0 fully saturated rings.